The van der Waals surface area contributed by atoms with Gasteiger partial charge in [-0.15, -0.1) is 0 Å². The fourth-order valence-corrected chi connectivity index (χ4v) is 2.07. The predicted octanol–water partition coefficient (Wildman–Crippen LogP) is 1.57. The summed E-state index contributed by atoms with van der Waals surface area (Å²) in [5, 5.41) is 17.6. The number of aryl methyl sites for hydroxylation is 1. The lowest BCUT2D eigenvalue weighted by Crippen LogP contribution is -2.34. The lowest BCUT2D eigenvalue weighted by molar-refractivity contribution is 0.0566. The molecule has 0 amide bonds. The van der Waals surface area contributed by atoms with Crippen LogP contribution in [0.25, 0.3) is 0 Å². The van der Waals surface area contributed by atoms with Crippen molar-refractivity contribution in [3.63, 3.8) is 0 Å². The maximum Gasteiger partial charge on any atom is 0.165 e. The number of benzene rings is 1. The summed E-state index contributed by atoms with van der Waals surface area (Å²) in [4.78, 5) is 0. The van der Waals surface area contributed by atoms with E-state index in [9.17, 15) is 9.50 Å². The van der Waals surface area contributed by atoms with Gasteiger partial charge in [0.1, 0.15) is 5.60 Å². The molecule has 1 aromatic heterocycles. The van der Waals surface area contributed by atoms with Gasteiger partial charge in [-0.1, -0.05) is 6.07 Å². The van der Waals surface area contributed by atoms with Gasteiger partial charge in [0.05, 0.1) is 13.3 Å². The van der Waals surface area contributed by atoms with Crippen molar-refractivity contribution in [2.75, 3.05) is 13.7 Å². The molecule has 0 spiro atoms. The van der Waals surface area contributed by atoms with Crippen LogP contribution in [0.4, 0.5) is 4.39 Å². The van der Waals surface area contributed by atoms with Crippen molar-refractivity contribution < 1.29 is 14.2 Å². The van der Waals surface area contributed by atoms with Crippen LogP contribution in [0.2, 0.25) is 0 Å². The number of rotatable bonds is 6. The third-order valence-corrected chi connectivity index (χ3v) is 3.34. The fraction of sp³-hybridized carbons (Fsp3) is 0.400. The first kappa shape index (κ1) is 15.5. The van der Waals surface area contributed by atoms with E-state index in [4.69, 9.17) is 4.74 Å². The summed E-state index contributed by atoms with van der Waals surface area (Å²) < 4.78 is 20.1. The maximum absolute atomic E-state index is 13.6. The molecule has 114 valence electrons. The van der Waals surface area contributed by atoms with E-state index in [1.54, 1.807) is 43.2 Å². The number of aliphatic hydroxyl groups is 1. The van der Waals surface area contributed by atoms with Crippen LogP contribution in [0.5, 0.6) is 5.75 Å². The van der Waals surface area contributed by atoms with Crippen molar-refractivity contribution in [3.05, 3.63) is 47.5 Å². The van der Waals surface area contributed by atoms with Gasteiger partial charge >= 0.3 is 0 Å². The van der Waals surface area contributed by atoms with Gasteiger partial charge in [-0.25, -0.2) is 4.39 Å². The van der Waals surface area contributed by atoms with Crippen molar-refractivity contribution >= 4 is 0 Å². The lowest BCUT2D eigenvalue weighted by Gasteiger charge is -2.22. The van der Waals surface area contributed by atoms with Crippen molar-refractivity contribution in [1.29, 1.82) is 0 Å². The average molecular weight is 293 g/mol. The third kappa shape index (κ3) is 3.80. The summed E-state index contributed by atoms with van der Waals surface area (Å²) >= 11 is 0. The molecule has 0 radical (unpaired) electrons. The minimum Gasteiger partial charge on any atom is -0.494 e. The second-order valence-electron chi connectivity index (χ2n) is 5.25. The molecule has 0 aliphatic heterocycles. The van der Waals surface area contributed by atoms with Crippen LogP contribution in [-0.4, -0.2) is 28.5 Å². The smallest absolute Gasteiger partial charge is 0.165 e. The van der Waals surface area contributed by atoms with E-state index in [0.717, 1.165) is 11.1 Å². The summed E-state index contributed by atoms with van der Waals surface area (Å²) in [6.45, 7) is 2.51. The number of aromatic nitrogens is 2. The molecule has 5 nitrogen and oxygen atoms in total. The SMILES string of the molecule is COc1ccc(CNCC(C)(O)c2cnn(C)c2)cc1F. The highest BCUT2D eigenvalue weighted by molar-refractivity contribution is 5.29. The van der Waals surface area contributed by atoms with E-state index < -0.39 is 11.4 Å². The molecule has 0 fully saturated rings. The van der Waals surface area contributed by atoms with E-state index in [0.29, 0.717) is 13.1 Å². The van der Waals surface area contributed by atoms with Gasteiger partial charge in [-0.2, -0.15) is 5.10 Å². The summed E-state index contributed by atoms with van der Waals surface area (Å²) in [6, 6.07) is 4.80. The first-order valence-electron chi connectivity index (χ1n) is 6.67. The molecular formula is C15H20FN3O2. The van der Waals surface area contributed by atoms with Crippen LogP contribution in [0.15, 0.2) is 30.6 Å². The maximum atomic E-state index is 13.6. The monoisotopic (exact) mass is 293 g/mol. The summed E-state index contributed by atoms with van der Waals surface area (Å²) in [7, 11) is 3.23. The van der Waals surface area contributed by atoms with Crippen LogP contribution in [-0.2, 0) is 19.2 Å². The quantitative estimate of drug-likeness (QED) is 0.848. The van der Waals surface area contributed by atoms with Crippen LogP contribution in [0, 0.1) is 5.82 Å². The highest BCUT2D eigenvalue weighted by atomic mass is 19.1. The Kier molecular flexibility index (Phi) is 4.59. The van der Waals surface area contributed by atoms with Gasteiger partial charge in [0.15, 0.2) is 11.6 Å². The highest BCUT2D eigenvalue weighted by Crippen LogP contribution is 2.20. The molecule has 0 saturated heterocycles. The predicted molar refractivity (Wildman–Crippen MR) is 77.4 cm³/mol. The van der Waals surface area contributed by atoms with E-state index in [1.165, 1.54) is 13.2 Å². The molecule has 1 aromatic carbocycles. The third-order valence-electron chi connectivity index (χ3n) is 3.34. The van der Waals surface area contributed by atoms with E-state index in [1.807, 2.05) is 0 Å². The van der Waals surface area contributed by atoms with Gasteiger partial charge in [0, 0.05) is 31.9 Å². The molecule has 6 heteroatoms. The topological polar surface area (TPSA) is 59.3 Å². The number of methoxy groups -OCH3 is 1. The van der Waals surface area contributed by atoms with Gasteiger partial charge < -0.3 is 15.2 Å². The molecule has 21 heavy (non-hydrogen) atoms. The molecule has 1 atom stereocenters. The number of hydrogen-bond donors (Lipinski definition) is 2. The average Bonchev–Trinajstić information content (AvgIpc) is 2.86. The number of nitrogens with one attached hydrogen (secondary N) is 1. The molecule has 2 aromatic rings. The molecule has 0 aliphatic rings. The van der Waals surface area contributed by atoms with E-state index in [2.05, 4.69) is 10.4 Å². The Morgan fingerprint density at radius 3 is 2.81 bits per heavy atom. The number of nitrogens with zero attached hydrogens (tertiary/aromatic N) is 2. The Morgan fingerprint density at radius 1 is 1.48 bits per heavy atom. The minimum atomic E-state index is -1.03. The van der Waals surface area contributed by atoms with E-state index in [-0.39, 0.29) is 5.75 Å². The minimum absolute atomic E-state index is 0.223. The Bertz CT molecular complexity index is 611. The second-order valence-corrected chi connectivity index (χ2v) is 5.25. The Morgan fingerprint density at radius 2 is 2.24 bits per heavy atom. The Balaban J connectivity index is 1.93. The van der Waals surface area contributed by atoms with Gasteiger partial charge in [-0.05, 0) is 24.6 Å². The molecule has 1 unspecified atom stereocenters. The molecule has 2 N–H and O–H groups in total. The second kappa shape index (κ2) is 6.24. The highest BCUT2D eigenvalue weighted by Gasteiger charge is 2.24. The number of hydrogen-bond acceptors (Lipinski definition) is 4. The summed E-state index contributed by atoms with van der Waals surface area (Å²) in [6.07, 6.45) is 3.41. The molecular weight excluding hydrogens is 273 g/mol. The van der Waals surface area contributed by atoms with Crippen LogP contribution in [0.1, 0.15) is 18.1 Å². The van der Waals surface area contributed by atoms with Gasteiger partial charge in [0.2, 0.25) is 0 Å². The van der Waals surface area contributed by atoms with Crippen molar-refractivity contribution in [3.8, 4) is 5.75 Å². The zero-order valence-electron chi connectivity index (χ0n) is 12.4. The van der Waals surface area contributed by atoms with Crippen molar-refractivity contribution in [2.45, 2.75) is 19.1 Å². The summed E-state index contributed by atoms with van der Waals surface area (Å²) in [5.74, 6) is -0.170. The van der Waals surface area contributed by atoms with Gasteiger partial charge in [0.25, 0.3) is 0 Å². The number of ether oxygens (including phenoxy) is 1. The molecule has 1 heterocycles. The van der Waals surface area contributed by atoms with Crippen molar-refractivity contribution in [1.82, 2.24) is 15.1 Å². The molecule has 2 rings (SSSR count). The Labute approximate surface area is 123 Å². The first-order valence-corrected chi connectivity index (χ1v) is 6.67. The largest absolute Gasteiger partial charge is 0.494 e. The fourth-order valence-electron chi connectivity index (χ4n) is 2.07. The number of halogens is 1. The molecule has 0 saturated carbocycles. The van der Waals surface area contributed by atoms with Crippen molar-refractivity contribution in [2.24, 2.45) is 7.05 Å². The van der Waals surface area contributed by atoms with Gasteiger partial charge in [-0.3, -0.25) is 4.68 Å². The van der Waals surface area contributed by atoms with Crippen LogP contribution in [0.3, 0.4) is 0 Å². The standard InChI is InChI=1S/C15H20FN3O2/c1-15(20,12-8-18-19(2)9-12)10-17-7-11-4-5-14(21-3)13(16)6-11/h4-6,8-9,17,20H,7,10H2,1-3H3. The zero-order chi connectivity index (χ0) is 15.5. The van der Waals surface area contributed by atoms with Crippen LogP contribution >= 0.6 is 0 Å². The normalized spacial score (nSPS) is 14.0. The van der Waals surface area contributed by atoms with E-state index >= 15 is 0 Å². The zero-order valence-corrected chi connectivity index (χ0v) is 12.4. The first-order chi connectivity index (χ1) is 9.92. The van der Waals surface area contributed by atoms with Crippen LogP contribution < -0.4 is 10.1 Å². The Hall–Kier alpha value is -1.92. The summed E-state index contributed by atoms with van der Waals surface area (Å²) in [5.41, 5.74) is 0.493. The molecule has 0 bridgehead atoms. The lowest BCUT2D eigenvalue weighted by atomic mass is 9.99. The molecule has 0 aliphatic carbocycles.